The van der Waals surface area contributed by atoms with Crippen LogP contribution in [0.4, 0.5) is 0 Å². The molecule has 1 atom stereocenters. The van der Waals surface area contributed by atoms with Crippen LogP contribution in [0.3, 0.4) is 0 Å². The van der Waals surface area contributed by atoms with E-state index in [1.165, 1.54) is 16.0 Å². The van der Waals surface area contributed by atoms with Crippen LogP contribution in [0.25, 0.3) is 10.2 Å². The minimum absolute atomic E-state index is 0.0169. The van der Waals surface area contributed by atoms with Gasteiger partial charge in [0.1, 0.15) is 4.83 Å². The summed E-state index contributed by atoms with van der Waals surface area (Å²) in [4.78, 5) is 22.5. The molecule has 0 spiro atoms. The molecule has 0 unspecified atom stereocenters. The van der Waals surface area contributed by atoms with Crippen molar-refractivity contribution in [2.45, 2.75) is 51.6 Å². The number of H-pyrrole nitrogens is 1. The van der Waals surface area contributed by atoms with Gasteiger partial charge in [0.15, 0.2) is 5.16 Å². The number of aromatic nitrogens is 2. The Morgan fingerprint density at radius 2 is 2.04 bits per heavy atom. The Labute approximate surface area is 163 Å². The smallest absolute Gasteiger partial charge is 0.260 e. The summed E-state index contributed by atoms with van der Waals surface area (Å²) in [5, 5.41) is 1.55. The number of nitrogens with zero attached hydrogens (tertiary/aromatic N) is 1. The monoisotopic (exact) mass is 386 g/mol. The van der Waals surface area contributed by atoms with Gasteiger partial charge >= 0.3 is 0 Å². The molecule has 0 aliphatic heterocycles. The van der Waals surface area contributed by atoms with Gasteiger partial charge in [-0.15, -0.1) is 11.3 Å². The minimum Gasteiger partial charge on any atom is -0.301 e. The number of hydrogen-bond acceptors (Lipinski definition) is 4. The molecule has 0 amide bonds. The largest absolute Gasteiger partial charge is 0.301 e. The van der Waals surface area contributed by atoms with E-state index in [-0.39, 0.29) is 5.56 Å². The molecule has 2 heterocycles. The SMILES string of the molecule is CC[C@@H](C)Cc1c(C)sc2nc(SCCCc3ccccc3)[nH]c(=O)c12. The van der Waals surface area contributed by atoms with Crippen LogP contribution in [0.1, 0.15) is 42.7 Å². The highest BCUT2D eigenvalue weighted by Gasteiger charge is 2.16. The Bertz CT molecular complexity index is 915. The van der Waals surface area contributed by atoms with Crippen LogP contribution in [0.5, 0.6) is 0 Å². The Hall–Kier alpha value is -1.59. The van der Waals surface area contributed by atoms with Crippen molar-refractivity contribution in [3.8, 4) is 0 Å². The van der Waals surface area contributed by atoms with Crippen molar-refractivity contribution in [1.82, 2.24) is 9.97 Å². The van der Waals surface area contributed by atoms with Crippen molar-refractivity contribution < 1.29 is 0 Å². The lowest BCUT2D eigenvalue weighted by molar-refractivity contribution is 0.561. The minimum atomic E-state index is 0.0169. The third-order valence-corrected chi connectivity index (χ3v) is 6.78. The third kappa shape index (κ3) is 4.57. The number of aromatic amines is 1. The molecule has 3 rings (SSSR count). The quantitative estimate of drug-likeness (QED) is 0.311. The zero-order valence-electron chi connectivity index (χ0n) is 15.7. The number of benzene rings is 1. The van der Waals surface area contributed by atoms with Crippen LogP contribution in [-0.2, 0) is 12.8 Å². The average molecular weight is 387 g/mol. The molecule has 0 aliphatic carbocycles. The number of hydrogen-bond donors (Lipinski definition) is 1. The van der Waals surface area contributed by atoms with Gasteiger partial charge in [-0.2, -0.15) is 0 Å². The molecule has 0 bridgehead atoms. The molecule has 3 aromatic rings. The molecule has 5 heteroatoms. The first-order chi connectivity index (χ1) is 12.6. The van der Waals surface area contributed by atoms with Crippen LogP contribution in [0, 0.1) is 12.8 Å². The van der Waals surface area contributed by atoms with Gasteiger partial charge in [-0.3, -0.25) is 4.79 Å². The van der Waals surface area contributed by atoms with E-state index >= 15 is 0 Å². The second-order valence-corrected chi connectivity index (χ2v) is 9.13. The normalized spacial score (nSPS) is 12.6. The van der Waals surface area contributed by atoms with E-state index in [9.17, 15) is 4.79 Å². The van der Waals surface area contributed by atoms with Crippen molar-refractivity contribution in [2.24, 2.45) is 5.92 Å². The van der Waals surface area contributed by atoms with Gasteiger partial charge in [-0.25, -0.2) is 4.98 Å². The lowest BCUT2D eigenvalue weighted by Gasteiger charge is -2.08. The van der Waals surface area contributed by atoms with Crippen LogP contribution >= 0.6 is 23.1 Å². The Morgan fingerprint density at radius 1 is 1.27 bits per heavy atom. The maximum atomic E-state index is 12.7. The van der Waals surface area contributed by atoms with E-state index in [4.69, 9.17) is 4.98 Å². The van der Waals surface area contributed by atoms with Crippen LogP contribution in [0.15, 0.2) is 40.3 Å². The van der Waals surface area contributed by atoms with Gasteiger partial charge in [0.05, 0.1) is 5.39 Å². The molecule has 3 nitrogen and oxygen atoms in total. The fourth-order valence-corrected chi connectivity index (χ4v) is 4.97. The molecule has 138 valence electrons. The van der Waals surface area contributed by atoms with Crippen molar-refractivity contribution in [3.05, 3.63) is 56.7 Å². The first-order valence-electron chi connectivity index (χ1n) is 9.27. The van der Waals surface area contributed by atoms with Gasteiger partial charge in [-0.1, -0.05) is 62.4 Å². The highest BCUT2D eigenvalue weighted by atomic mass is 32.2. The molecule has 2 aromatic heterocycles. The summed E-state index contributed by atoms with van der Waals surface area (Å²) < 4.78 is 0. The number of fused-ring (bicyclic) bond motifs is 1. The number of thiophene rings is 1. The van der Waals surface area contributed by atoms with Crippen LogP contribution in [0.2, 0.25) is 0 Å². The first-order valence-corrected chi connectivity index (χ1v) is 11.1. The van der Waals surface area contributed by atoms with Crippen LogP contribution in [-0.4, -0.2) is 15.7 Å². The third-order valence-electron chi connectivity index (χ3n) is 4.78. The maximum Gasteiger partial charge on any atom is 0.260 e. The zero-order chi connectivity index (χ0) is 18.5. The Balaban J connectivity index is 1.70. The van der Waals surface area contributed by atoms with Gasteiger partial charge in [0.25, 0.3) is 5.56 Å². The van der Waals surface area contributed by atoms with Crippen molar-refractivity contribution in [3.63, 3.8) is 0 Å². The summed E-state index contributed by atoms with van der Waals surface area (Å²) in [7, 11) is 0. The van der Waals surface area contributed by atoms with Gasteiger partial charge in [-0.05, 0) is 43.2 Å². The summed E-state index contributed by atoms with van der Waals surface area (Å²) >= 11 is 3.29. The zero-order valence-corrected chi connectivity index (χ0v) is 17.3. The van der Waals surface area contributed by atoms with Crippen LogP contribution < -0.4 is 5.56 Å². The summed E-state index contributed by atoms with van der Waals surface area (Å²) in [6.07, 6.45) is 4.20. The molecule has 0 radical (unpaired) electrons. The number of rotatable bonds is 8. The predicted octanol–water partition coefficient (Wildman–Crippen LogP) is 5.61. The molecule has 26 heavy (non-hydrogen) atoms. The summed E-state index contributed by atoms with van der Waals surface area (Å²) in [5.74, 6) is 1.53. The second kappa shape index (κ2) is 8.87. The van der Waals surface area contributed by atoms with E-state index in [0.29, 0.717) is 5.92 Å². The van der Waals surface area contributed by atoms with E-state index < -0.39 is 0 Å². The molecular weight excluding hydrogens is 360 g/mol. The summed E-state index contributed by atoms with van der Waals surface area (Å²) in [6.45, 7) is 6.54. The number of nitrogens with one attached hydrogen (secondary N) is 1. The lowest BCUT2D eigenvalue weighted by Crippen LogP contribution is -2.11. The molecule has 0 saturated heterocycles. The van der Waals surface area contributed by atoms with Gasteiger partial charge in [0, 0.05) is 10.6 Å². The molecule has 0 aliphatic rings. The fourth-order valence-electron chi connectivity index (χ4n) is 3.05. The highest BCUT2D eigenvalue weighted by Crippen LogP contribution is 2.30. The Morgan fingerprint density at radius 3 is 2.77 bits per heavy atom. The van der Waals surface area contributed by atoms with E-state index in [2.05, 4.69) is 50.0 Å². The van der Waals surface area contributed by atoms with E-state index in [0.717, 1.165) is 46.8 Å². The highest BCUT2D eigenvalue weighted by molar-refractivity contribution is 7.99. The van der Waals surface area contributed by atoms with E-state index in [1.807, 2.05) is 6.07 Å². The standard InChI is InChI=1S/C21H26N2OS2/c1-4-14(2)13-17-15(3)26-20-18(17)19(24)22-21(23-20)25-12-8-11-16-9-6-5-7-10-16/h5-7,9-10,14H,4,8,11-13H2,1-3H3,(H,22,23,24)/t14-/m1/s1. The summed E-state index contributed by atoms with van der Waals surface area (Å²) in [5.41, 5.74) is 2.56. The summed E-state index contributed by atoms with van der Waals surface area (Å²) in [6, 6.07) is 10.5. The van der Waals surface area contributed by atoms with Crippen molar-refractivity contribution in [2.75, 3.05) is 5.75 Å². The number of aryl methyl sites for hydroxylation is 2. The number of thioether (sulfide) groups is 1. The molecule has 1 aromatic carbocycles. The molecule has 0 saturated carbocycles. The predicted molar refractivity (Wildman–Crippen MR) is 114 cm³/mol. The molecular formula is C21H26N2OS2. The topological polar surface area (TPSA) is 45.8 Å². The molecule has 0 fully saturated rings. The first kappa shape index (κ1) is 19.2. The molecule has 1 N–H and O–H groups in total. The van der Waals surface area contributed by atoms with Gasteiger partial charge in [0.2, 0.25) is 0 Å². The second-order valence-electron chi connectivity index (χ2n) is 6.84. The average Bonchev–Trinajstić information content (AvgIpc) is 2.95. The fraction of sp³-hybridized carbons (Fsp3) is 0.429. The van der Waals surface area contributed by atoms with E-state index in [1.54, 1.807) is 23.1 Å². The van der Waals surface area contributed by atoms with Crippen molar-refractivity contribution >= 4 is 33.3 Å². The maximum absolute atomic E-state index is 12.7. The Kier molecular flexibility index (Phi) is 6.54. The lowest BCUT2D eigenvalue weighted by atomic mass is 9.98. The van der Waals surface area contributed by atoms with Gasteiger partial charge < -0.3 is 4.98 Å². The van der Waals surface area contributed by atoms with Crippen molar-refractivity contribution in [1.29, 1.82) is 0 Å².